The van der Waals surface area contributed by atoms with Gasteiger partial charge in [-0.2, -0.15) is 0 Å². The predicted molar refractivity (Wildman–Crippen MR) is 113 cm³/mol. The van der Waals surface area contributed by atoms with Crippen molar-refractivity contribution in [1.29, 1.82) is 0 Å². The van der Waals surface area contributed by atoms with Crippen molar-refractivity contribution >= 4 is 45.0 Å². The molecule has 0 fully saturated rings. The van der Waals surface area contributed by atoms with Gasteiger partial charge in [0.05, 0.1) is 16.1 Å². The summed E-state index contributed by atoms with van der Waals surface area (Å²) in [5.41, 5.74) is -0.887. The number of benzene rings is 2. The molecule has 0 radical (unpaired) electrons. The number of fused-ring (bicyclic) bond motifs is 1. The summed E-state index contributed by atoms with van der Waals surface area (Å²) in [6.07, 6.45) is 1.87. The number of nitrogens with zero attached hydrogens (tertiary/aromatic N) is 2. The van der Waals surface area contributed by atoms with Gasteiger partial charge in [0.2, 0.25) is 0 Å². The zero-order valence-corrected chi connectivity index (χ0v) is 18.0. The van der Waals surface area contributed by atoms with E-state index in [4.69, 9.17) is 23.2 Å². The van der Waals surface area contributed by atoms with Crippen molar-refractivity contribution in [3.63, 3.8) is 0 Å². The molecule has 1 unspecified atom stereocenters. The van der Waals surface area contributed by atoms with Crippen molar-refractivity contribution in [3.05, 3.63) is 97.4 Å². The Morgan fingerprint density at radius 2 is 1.79 bits per heavy atom. The molecule has 1 aliphatic rings. The van der Waals surface area contributed by atoms with Crippen LogP contribution >= 0.6 is 39.1 Å². The lowest BCUT2D eigenvalue weighted by Crippen LogP contribution is -2.46. The van der Waals surface area contributed by atoms with Crippen molar-refractivity contribution in [2.75, 3.05) is 6.54 Å². The minimum absolute atomic E-state index is 0.0721. The lowest BCUT2D eigenvalue weighted by atomic mass is 9.93. The molecule has 1 N–H and O–H groups in total. The van der Waals surface area contributed by atoms with Crippen LogP contribution in [0.15, 0.2) is 59.2 Å². The second-order valence-electron chi connectivity index (χ2n) is 6.66. The molecule has 148 valence electrons. The second kappa shape index (κ2) is 7.69. The van der Waals surface area contributed by atoms with Crippen molar-refractivity contribution in [1.82, 2.24) is 9.88 Å². The zero-order chi connectivity index (χ0) is 20.8. The lowest BCUT2D eigenvalue weighted by Gasteiger charge is -2.35. The Balaban J connectivity index is 1.80. The quantitative estimate of drug-likeness (QED) is 0.542. The molecule has 0 spiro atoms. The van der Waals surface area contributed by atoms with Crippen LogP contribution in [0.2, 0.25) is 10.0 Å². The van der Waals surface area contributed by atoms with Crippen LogP contribution in [0.4, 0.5) is 4.39 Å². The fraction of sp³-hybridized carbons (Fsp3) is 0.143. The summed E-state index contributed by atoms with van der Waals surface area (Å²) in [5.74, 6) is -1.14. The normalized spacial score (nSPS) is 18.2. The van der Waals surface area contributed by atoms with Crippen LogP contribution in [-0.4, -0.2) is 27.4 Å². The first kappa shape index (κ1) is 20.3. The first-order valence-corrected chi connectivity index (χ1v) is 10.3. The number of rotatable bonds is 4. The van der Waals surface area contributed by atoms with Crippen LogP contribution in [0, 0.1) is 5.82 Å². The molecule has 0 saturated carbocycles. The van der Waals surface area contributed by atoms with E-state index in [9.17, 15) is 14.3 Å². The molecule has 2 aromatic carbocycles. The molecule has 2 heterocycles. The average Bonchev–Trinajstić information content (AvgIpc) is 2.90. The Bertz CT molecular complexity index is 1090. The minimum Gasteiger partial charge on any atom is -0.363 e. The number of aromatic nitrogens is 1. The summed E-state index contributed by atoms with van der Waals surface area (Å²) in [4.78, 5) is 18.6. The van der Waals surface area contributed by atoms with Crippen molar-refractivity contribution in [2.45, 2.75) is 12.1 Å². The van der Waals surface area contributed by atoms with Gasteiger partial charge in [0.1, 0.15) is 5.82 Å². The van der Waals surface area contributed by atoms with Gasteiger partial charge in [-0.15, -0.1) is 0 Å². The Morgan fingerprint density at radius 3 is 2.45 bits per heavy atom. The number of hydrogen-bond donors (Lipinski definition) is 1. The van der Waals surface area contributed by atoms with E-state index in [2.05, 4.69) is 20.9 Å². The molecule has 1 aromatic heterocycles. The maximum absolute atomic E-state index is 14.9. The van der Waals surface area contributed by atoms with Gasteiger partial charge in [0, 0.05) is 39.9 Å². The summed E-state index contributed by atoms with van der Waals surface area (Å²) in [7, 11) is 0. The van der Waals surface area contributed by atoms with Gasteiger partial charge in [-0.3, -0.25) is 9.78 Å². The number of carbonyl (C=O) groups is 1. The summed E-state index contributed by atoms with van der Waals surface area (Å²) >= 11 is 15.1. The number of amides is 1. The zero-order valence-electron chi connectivity index (χ0n) is 14.9. The monoisotopic (exact) mass is 494 g/mol. The van der Waals surface area contributed by atoms with Gasteiger partial charge in [0.15, 0.2) is 5.72 Å². The molecule has 4 nitrogen and oxygen atoms in total. The highest BCUT2D eigenvalue weighted by atomic mass is 79.9. The molecule has 0 saturated heterocycles. The SMILES string of the molecule is O=C1c2cc(Br)cc(F)c2C(O)(c2ccc(Cl)cc2)N1CCc1ccc(Cl)cn1. The van der Waals surface area contributed by atoms with Crippen molar-refractivity contribution < 1.29 is 14.3 Å². The van der Waals surface area contributed by atoms with Gasteiger partial charge in [-0.1, -0.05) is 51.3 Å². The van der Waals surface area contributed by atoms with Crippen LogP contribution in [0.3, 0.4) is 0 Å². The molecule has 1 amide bonds. The highest BCUT2D eigenvalue weighted by Gasteiger charge is 2.51. The van der Waals surface area contributed by atoms with Gasteiger partial charge < -0.3 is 10.0 Å². The summed E-state index contributed by atoms with van der Waals surface area (Å²) in [6, 6.07) is 12.5. The smallest absolute Gasteiger partial charge is 0.257 e. The molecule has 3 aromatic rings. The van der Waals surface area contributed by atoms with Crippen molar-refractivity contribution in [3.8, 4) is 0 Å². The maximum atomic E-state index is 14.9. The van der Waals surface area contributed by atoms with E-state index >= 15 is 0 Å². The molecule has 0 bridgehead atoms. The number of aliphatic hydroxyl groups is 1. The third-order valence-corrected chi connectivity index (χ3v) is 5.83. The summed E-state index contributed by atoms with van der Waals surface area (Å²) < 4.78 is 15.4. The van der Waals surface area contributed by atoms with Gasteiger partial charge >= 0.3 is 0 Å². The van der Waals surface area contributed by atoms with Crippen LogP contribution in [0.25, 0.3) is 0 Å². The Morgan fingerprint density at radius 1 is 1.10 bits per heavy atom. The van der Waals surface area contributed by atoms with Gasteiger partial charge in [0.25, 0.3) is 5.91 Å². The van der Waals surface area contributed by atoms with E-state index in [1.54, 1.807) is 36.4 Å². The number of carbonyl (C=O) groups excluding carboxylic acids is 1. The van der Waals surface area contributed by atoms with Gasteiger partial charge in [-0.25, -0.2) is 4.39 Å². The fourth-order valence-electron chi connectivity index (χ4n) is 3.55. The standard InChI is InChI=1S/C21H14BrCl2FN2O2/c22-13-9-17-19(18(25)10-13)21(29,12-1-3-14(23)4-2-12)27(20(17)28)8-7-16-6-5-15(24)11-26-16/h1-6,9-11,29H,7-8H2. The Kier molecular flexibility index (Phi) is 5.38. The average molecular weight is 496 g/mol. The molecular formula is C21H14BrCl2FN2O2. The molecule has 8 heteroatoms. The van der Waals surface area contributed by atoms with Crippen LogP contribution in [0.1, 0.15) is 27.2 Å². The highest BCUT2D eigenvalue weighted by molar-refractivity contribution is 9.10. The van der Waals surface area contributed by atoms with Gasteiger partial charge in [-0.05, 0) is 36.4 Å². The van der Waals surface area contributed by atoms with E-state index in [1.807, 2.05) is 0 Å². The minimum atomic E-state index is -1.96. The first-order valence-electron chi connectivity index (χ1n) is 8.71. The Hall–Kier alpha value is -1.99. The molecular weight excluding hydrogens is 482 g/mol. The molecule has 4 rings (SSSR count). The number of pyridine rings is 1. The second-order valence-corrected chi connectivity index (χ2v) is 8.45. The third-order valence-electron chi connectivity index (χ3n) is 4.90. The van der Waals surface area contributed by atoms with Crippen LogP contribution in [-0.2, 0) is 12.1 Å². The molecule has 0 aliphatic carbocycles. The van der Waals surface area contributed by atoms with E-state index < -0.39 is 17.4 Å². The summed E-state index contributed by atoms with van der Waals surface area (Å²) in [5, 5.41) is 12.7. The van der Waals surface area contributed by atoms with E-state index in [1.165, 1.54) is 23.2 Å². The number of halogens is 4. The lowest BCUT2D eigenvalue weighted by molar-refractivity contribution is -0.0514. The van der Waals surface area contributed by atoms with Crippen molar-refractivity contribution in [2.24, 2.45) is 0 Å². The number of hydrogen-bond acceptors (Lipinski definition) is 3. The first-order chi connectivity index (χ1) is 13.8. The summed E-state index contributed by atoms with van der Waals surface area (Å²) in [6.45, 7) is 0.123. The topological polar surface area (TPSA) is 53.4 Å². The fourth-order valence-corrected chi connectivity index (χ4v) is 4.22. The largest absolute Gasteiger partial charge is 0.363 e. The highest BCUT2D eigenvalue weighted by Crippen LogP contribution is 2.44. The molecule has 1 aliphatic heterocycles. The van der Waals surface area contributed by atoms with E-state index in [-0.39, 0.29) is 17.7 Å². The van der Waals surface area contributed by atoms with E-state index in [0.29, 0.717) is 32.2 Å². The van der Waals surface area contributed by atoms with E-state index in [0.717, 1.165) is 0 Å². The molecule has 1 atom stereocenters. The molecule has 29 heavy (non-hydrogen) atoms. The predicted octanol–water partition coefficient (Wildman–Crippen LogP) is 5.18. The Labute approximate surface area is 185 Å². The van der Waals surface area contributed by atoms with Crippen LogP contribution < -0.4 is 0 Å². The maximum Gasteiger partial charge on any atom is 0.257 e. The van der Waals surface area contributed by atoms with Crippen LogP contribution in [0.5, 0.6) is 0 Å². The third kappa shape index (κ3) is 3.55.